The van der Waals surface area contributed by atoms with Crippen molar-refractivity contribution >= 4 is 5.71 Å². The molecule has 5 nitrogen and oxygen atoms in total. The summed E-state index contributed by atoms with van der Waals surface area (Å²) in [5, 5.41) is 4.35. The van der Waals surface area contributed by atoms with Gasteiger partial charge in [-0.15, -0.1) is 0 Å². The van der Waals surface area contributed by atoms with Gasteiger partial charge in [-0.3, -0.25) is 0 Å². The first-order chi connectivity index (χ1) is 10.1. The average molecular weight is 291 g/mol. The third-order valence-corrected chi connectivity index (χ3v) is 4.61. The van der Waals surface area contributed by atoms with Crippen molar-refractivity contribution in [3.8, 4) is 11.5 Å². The number of oxime groups is 1. The van der Waals surface area contributed by atoms with E-state index in [1.54, 1.807) is 14.2 Å². The summed E-state index contributed by atoms with van der Waals surface area (Å²) in [7, 11) is 3.29. The second-order valence-corrected chi connectivity index (χ2v) is 5.63. The van der Waals surface area contributed by atoms with Crippen molar-refractivity contribution in [2.45, 2.75) is 25.9 Å². The summed E-state index contributed by atoms with van der Waals surface area (Å²) in [6.45, 7) is 5.50. The lowest BCUT2D eigenvalue weighted by Gasteiger charge is -2.24. The molecule has 21 heavy (non-hydrogen) atoms. The maximum Gasteiger partial charge on any atom is 0.171 e. The predicted octanol–water partition coefficient (Wildman–Crippen LogP) is 2.54. The summed E-state index contributed by atoms with van der Waals surface area (Å²) in [5.41, 5.74) is 2.72. The van der Waals surface area contributed by atoms with E-state index in [2.05, 4.69) is 12.1 Å². The Morgan fingerprint density at radius 2 is 2.10 bits per heavy atom. The monoisotopic (exact) mass is 291 g/mol. The first kappa shape index (κ1) is 14.2. The number of methoxy groups -OCH3 is 2. The number of benzene rings is 1. The van der Waals surface area contributed by atoms with Gasteiger partial charge in [-0.1, -0.05) is 12.1 Å². The molecule has 1 spiro atoms. The highest BCUT2D eigenvalue weighted by Gasteiger charge is 2.49. The van der Waals surface area contributed by atoms with Crippen LogP contribution in [0.4, 0.5) is 0 Å². The average Bonchev–Trinajstić information content (AvgIpc) is 3.09. The fourth-order valence-corrected chi connectivity index (χ4v) is 3.16. The molecule has 0 bridgehead atoms. The minimum absolute atomic E-state index is 0.191. The summed E-state index contributed by atoms with van der Waals surface area (Å²) in [6, 6.07) is 3.93. The minimum atomic E-state index is -0.297. The molecule has 2 aliphatic heterocycles. The van der Waals surface area contributed by atoms with Crippen LogP contribution in [0.5, 0.6) is 11.5 Å². The number of hydrogen-bond acceptors (Lipinski definition) is 5. The zero-order chi connectivity index (χ0) is 15.0. The minimum Gasteiger partial charge on any atom is -0.493 e. The van der Waals surface area contributed by atoms with Crippen LogP contribution in [-0.4, -0.2) is 38.7 Å². The maximum absolute atomic E-state index is 5.76. The molecule has 0 N–H and O–H groups in total. The van der Waals surface area contributed by atoms with Crippen molar-refractivity contribution in [2.24, 2.45) is 11.1 Å². The lowest BCUT2D eigenvalue weighted by atomic mass is 9.82. The Hall–Kier alpha value is -1.75. The van der Waals surface area contributed by atoms with E-state index in [1.165, 1.54) is 0 Å². The van der Waals surface area contributed by atoms with Gasteiger partial charge in [0.05, 0.1) is 33.1 Å². The van der Waals surface area contributed by atoms with Gasteiger partial charge in [-0.25, -0.2) is 0 Å². The van der Waals surface area contributed by atoms with E-state index in [0.29, 0.717) is 6.61 Å². The van der Waals surface area contributed by atoms with Crippen LogP contribution >= 0.6 is 0 Å². The molecule has 0 aliphatic carbocycles. The third-order valence-electron chi connectivity index (χ3n) is 4.61. The van der Waals surface area contributed by atoms with Crippen molar-refractivity contribution in [2.75, 3.05) is 27.4 Å². The van der Waals surface area contributed by atoms with E-state index < -0.39 is 0 Å². The molecule has 2 atom stereocenters. The van der Waals surface area contributed by atoms with Gasteiger partial charge in [0.2, 0.25) is 0 Å². The van der Waals surface area contributed by atoms with Gasteiger partial charge < -0.3 is 19.0 Å². The van der Waals surface area contributed by atoms with Crippen LogP contribution < -0.4 is 9.47 Å². The third kappa shape index (κ3) is 2.07. The molecule has 5 heteroatoms. The summed E-state index contributed by atoms with van der Waals surface area (Å²) in [5.74, 6) is 1.66. The molecule has 1 saturated heterocycles. The molecule has 2 aliphatic rings. The molecule has 114 valence electrons. The fraction of sp³-hybridized carbons (Fsp3) is 0.562. The van der Waals surface area contributed by atoms with E-state index in [9.17, 15) is 0 Å². The zero-order valence-electron chi connectivity index (χ0n) is 12.9. The molecule has 0 saturated carbocycles. The van der Waals surface area contributed by atoms with Crippen LogP contribution in [-0.2, 0) is 9.57 Å². The van der Waals surface area contributed by atoms with Gasteiger partial charge in [0.15, 0.2) is 17.1 Å². The van der Waals surface area contributed by atoms with Gasteiger partial charge >= 0.3 is 0 Å². The molecule has 2 heterocycles. The highest BCUT2D eigenvalue weighted by Crippen LogP contribution is 2.41. The Morgan fingerprint density at radius 1 is 1.29 bits per heavy atom. The standard InChI is InChI=1S/C16H21NO4/c1-10-12(5-6-13(18-3)15(10)19-4)14-11(2)16(21-17-14)7-8-20-9-16/h5-6,11H,7-9H2,1-4H3. The second-order valence-electron chi connectivity index (χ2n) is 5.63. The Morgan fingerprint density at radius 3 is 2.71 bits per heavy atom. The van der Waals surface area contributed by atoms with Gasteiger partial charge in [0.1, 0.15) is 0 Å². The predicted molar refractivity (Wildman–Crippen MR) is 79.2 cm³/mol. The fourth-order valence-electron chi connectivity index (χ4n) is 3.16. The van der Waals surface area contributed by atoms with Crippen LogP contribution in [0.2, 0.25) is 0 Å². The number of rotatable bonds is 3. The Kier molecular flexibility index (Phi) is 3.53. The number of nitrogens with zero attached hydrogens (tertiary/aromatic N) is 1. The Balaban J connectivity index is 1.98. The van der Waals surface area contributed by atoms with Crippen LogP contribution in [0, 0.1) is 12.8 Å². The molecule has 0 aromatic heterocycles. The van der Waals surface area contributed by atoms with Gasteiger partial charge in [-0.2, -0.15) is 0 Å². The van der Waals surface area contributed by atoms with E-state index in [0.717, 1.165) is 41.4 Å². The summed E-state index contributed by atoms with van der Waals surface area (Å²) in [6.07, 6.45) is 0.882. The van der Waals surface area contributed by atoms with Crippen LogP contribution in [0.3, 0.4) is 0 Å². The van der Waals surface area contributed by atoms with Crippen molar-refractivity contribution in [3.05, 3.63) is 23.3 Å². The topological polar surface area (TPSA) is 49.3 Å². The largest absolute Gasteiger partial charge is 0.493 e. The lowest BCUT2D eigenvalue weighted by molar-refractivity contribution is -0.0448. The van der Waals surface area contributed by atoms with Crippen LogP contribution in [0.15, 0.2) is 17.3 Å². The van der Waals surface area contributed by atoms with E-state index in [-0.39, 0.29) is 11.5 Å². The van der Waals surface area contributed by atoms with E-state index in [4.69, 9.17) is 19.0 Å². The number of ether oxygens (including phenoxy) is 3. The Labute approximate surface area is 124 Å². The molecule has 2 unspecified atom stereocenters. The first-order valence-electron chi connectivity index (χ1n) is 7.18. The van der Waals surface area contributed by atoms with Crippen molar-refractivity contribution < 1.29 is 19.0 Å². The Bertz CT molecular complexity index is 576. The van der Waals surface area contributed by atoms with E-state index >= 15 is 0 Å². The van der Waals surface area contributed by atoms with Gasteiger partial charge in [0, 0.05) is 23.5 Å². The molecule has 0 radical (unpaired) electrons. The quantitative estimate of drug-likeness (QED) is 0.858. The van der Waals surface area contributed by atoms with Gasteiger partial charge in [-0.05, 0) is 19.1 Å². The highest BCUT2D eigenvalue weighted by molar-refractivity contribution is 6.05. The van der Waals surface area contributed by atoms with E-state index in [1.807, 2.05) is 19.1 Å². The zero-order valence-corrected chi connectivity index (χ0v) is 12.9. The summed E-state index contributed by atoms with van der Waals surface area (Å²) < 4.78 is 16.3. The van der Waals surface area contributed by atoms with Gasteiger partial charge in [0.25, 0.3) is 0 Å². The highest BCUT2D eigenvalue weighted by atomic mass is 16.7. The SMILES string of the molecule is COc1ccc(C2=NOC3(CCOC3)C2C)c(C)c1OC. The summed E-state index contributed by atoms with van der Waals surface area (Å²) >= 11 is 0. The number of hydrogen-bond donors (Lipinski definition) is 0. The first-order valence-corrected chi connectivity index (χ1v) is 7.18. The normalized spacial score (nSPS) is 27.6. The van der Waals surface area contributed by atoms with Crippen molar-refractivity contribution in [1.82, 2.24) is 0 Å². The van der Waals surface area contributed by atoms with Crippen LogP contribution in [0.25, 0.3) is 0 Å². The smallest absolute Gasteiger partial charge is 0.171 e. The molecule has 1 aromatic carbocycles. The summed E-state index contributed by atoms with van der Waals surface area (Å²) in [4.78, 5) is 5.76. The molecular weight excluding hydrogens is 270 g/mol. The molecule has 0 amide bonds. The molecular formula is C16H21NO4. The molecule has 3 rings (SSSR count). The van der Waals surface area contributed by atoms with Crippen LogP contribution in [0.1, 0.15) is 24.5 Å². The van der Waals surface area contributed by atoms with Crippen molar-refractivity contribution in [1.29, 1.82) is 0 Å². The molecule has 1 fully saturated rings. The lowest BCUT2D eigenvalue weighted by Crippen LogP contribution is -2.38. The molecule has 1 aromatic rings. The maximum atomic E-state index is 5.76. The second kappa shape index (κ2) is 5.22. The van der Waals surface area contributed by atoms with Crippen molar-refractivity contribution in [3.63, 3.8) is 0 Å².